The number of amidine groups is 1. The van der Waals surface area contributed by atoms with Gasteiger partial charge in [-0.1, -0.05) is 99.8 Å². The molecule has 0 bridgehead atoms. The average Bonchev–Trinajstić information content (AvgIpc) is 3.11. The summed E-state index contributed by atoms with van der Waals surface area (Å²) in [5, 5.41) is 1.48. The number of benzene rings is 3. The third kappa shape index (κ3) is 4.98. The summed E-state index contributed by atoms with van der Waals surface area (Å²) in [5.41, 5.74) is 6.42. The van der Waals surface area contributed by atoms with Crippen molar-refractivity contribution in [2.24, 2.45) is 4.99 Å². The molecule has 4 rings (SSSR count). The number of hydrogen-bond donors (Lipinski definition) is 0. The minimum atomic E-state index is -0.0276. The quantitative estimate of drug-likeness (QED) is 0.359. The van der Waals surface area contributed by atoms with E-state index in [1.807, 2.05) is 24.3 Å². The van der Waals surface area contributed by atoms with Crippen LogP contribution >= 0.6 is 23.2 Å². The molecule has 172 valence electrons. The lowest BCUT2D eigenvalue weighted by atomic mass is 9.84. The van der Waals surface area contributed by atoms with Gasteiger partial charge in [0.2, 0.25) is 0 Å². The van der Waals surface area contributed by atoms with Crippen LogP contribution in [0, 0.1) is 0 Å². The van der Waals surface area contributed by atoms with Gasteiger partial charge >= 0.3 is 0 Å². The Balaban J connectivity index is 1.83. The van der Waals surface area contributed by atoms with Gasteiger partial charge in [0.25, 0.3) is 0 Å². The van der Waals surface area contributed by atoms with Crippen molar-refractivity contribution in [2.45, 2.75) is 58.0 Å². The Morgan fingerprint density at radius 3 is 1.97 bits per heavy atom. The van der Waals surface area contributed by atoms with Gasteiger partial charge in [0.15, 0.2) is 0 Å². The van der Waals surface area contributed by atoms with Gasteiger partial charge in [-0.3, -0.25) is 4.99 Å². The van der Waals surface area contributed by atoms with Gasteiger partial charge in [0.1, 0.15) is 11.9 Å². The highest BCUT2D eigenvalue weighted by atomic mass is 35.5. The zero-order valence-electron chi connectivity index (χ0n) is 20.1. The highest BCUT2D eigenvalue weighted by molar-refractivity contribution is 6.30. The van der Waals surface area contributed by atoms with E-state index in [4.69, 9.17) is 28.2 Å². The summed E-state index contributed by atoms with van der Waals surface area (Å²) in [5.74, 6) is 1.04. The molecule has 2 atom stereocenters. The molecular formula is C29H32Cl2N2. The predicted octanol–water partition coefficient (Wildman–Crippen LogP) is 8.42. The third-order valence-electron chi connectivity index (χ3n) is 6.47. The van der Waals surface area contributed by atoms with Crippen LogP contribution in [0.2, 0.25) is 10.0 Å². The van der Waals surface area contributed by atoms with Gasteiger partial charge in [-0.05, 0) is 58.4 Å². The first kappa shape index (κ1) is 23.9. The number of halogens is 2. The van der Waals surface area contributed by atoms with Crippen LogP contribution in [0.15, 0.2) is 71.7 Å². The predicted molar refractivity (Wildman–Crippen MR) is 142 cm³/mol. The van der Waals surface area contributed by atoms with Crippen molar-refractivity contribution in [3.8, 4) is 0 Å². The first-order chi connectivity index (χ1) is 15.7. The molecule has 2 unspecified atom stereocenters. The van der Waals surface area contributed by atoms with Crippen LogP contribution in [-0.2, 0) is 11.8 Å². The van der Waals surface area contributed by atoms with Crippen molar-refractivity contribution in [2.75, 3.05) is 7.05 Å². The molecule has 0 radical (unpaired) electrons. The van der Waals surface area contributed by atoms with Gasteiger partial charge in [-0.25, -0.2) is 0 Å². The molecule has 2 nitrogen and oxygen atoms in total. The number of rotatable bonds is 5. The van der Waals surface area contributed by atoms with E-state index in [0.717, 1.165) is 34.3 Å². The molecule has 0 saturated carbocycles. The number of hydrogen-bond acceptors (Lipinski definition) is 2. The normalized spacial score (nSPS) is 18.5. The van der Waals surface area contributed by atoms with Crippen molar-refractivity contribution >= 4 is 29.0 Å². The summed E-state index contributed by atoms with van der Waals surface area (Å²) in [4.78, 5) is 7.65. The van der Waals surface area contributed by atoms with Crippen molar-refractivity contribution in [1.82, 2.24) is 4.90 Å². The fourth-order valence-electron chi connectivity index (χ4n) is 4.63. The molecule has 3 aromatic rings. The lowest BCUT2D eigenvalue weighted by Crippen LogP contribution is -2.29. The topological polar surface area (TPSA) is 15.6 Å². The average molecular weight is 479 g/mol. The monoisotopic (exact) mass is 478 g/mol. The Morgan fingerprint density at radius 1 is 0.848 bits per heavy atom. The fourth-order valence-corrected chi connectivity index (χ4v) is 4.89. The maximum Gasteiger partial charge on any atom is 0.132 e. The maximum atomic E-state index is 6.20. The summed E-state index contributed by atoms with van der Waals surface area (Å²) in [6.45, 7) is 9.04. The smallest absolute Gasteiger partial charge is 0.132 e. The molecule has 3 aromatic carbocycles. The molecule has 0 spiro atoms. The van der Waals surface area contributed by atoms with Crippen molar-refractivity contribution in [3.05, 3.63) is 105 Å². The van der Waals surface area contributed by atoms with E-state index in [0.29, 0.717) is 0 Å². The Hall–Kier alpha value is -2.29. The Morgan fingerprint density at radius 2 is 1.42 bits per heavy atom. The van der Waals surface area contributed by atoms with Crippen LogP contribution in [0.5, 0.6) is 0 Å². The Bertz CT molecular complexity index is 1140. The van der Waals surface area contributed by atoms with Crippen LogP contribution in [0.25, 0.3) is 0 Å². The van der Waals surface area contributed by atoms with E-state index < -0.39 is 0 Å². The zero-order valence-corrected chi connectivity index (χ0v) is 21.6. The van der Waals surface area contributed by atoms with Crippen LogP contribution in [-0.4, -0.2) is 17.8 Å². The van der Waals surface area contributed by atoms with Gasteiger partial charge in [-0.2, -0.15) is 0 Å². The van der Waals surface area contributed by atoms with Crippen molar-refractivity contribution in [1.29, 1.82) is 0 Å². The molecule has 0 fully saturated rings. The number of nitrogens with zero attached hydrogens (tertiary/aromatic N) is 2. The van der Waals surface area contributed by atoms with E-state index in [2.05, 4.69) is 82.1 Å². The molecular weight excluding hydrogens is 447 g/mol. The Labute approximate surface area is 208 Å². The molecule has 1 aliphatic heterocycles. The SMILES string of the molecule is CCCc1cc(C(C)(C)C)ccc1C1=NC(c2ccc(Cl)cc2)C(c2ccc(Cl)cc2)N1C. The second kappa shape index (κ2) is 9.52. The van der Waals surface area contributed by atoms with Crippen LogP contribution < -0.4 is 0 Å². The van der Waals surface area contributed by atoms with E-state index in [-0.39, 0.29) is 17.5 Å². The molecule has 0 aliphatic carbocycles. The first-order valence-electron chi connectivity index (χ1n) is 11.6. The number of likely N-dealkylation sites (N-methyl/N-ethyl adjacent to an activating group) is 1. The lowest BCUT2D eigenvalue weighted by Gasteiger charge is -2.29. The molecule has 1 aliphatic rings. The first-order valence-corrected chi connectivity index (χ1v) is 12.4. The second-order valence-corrected chi connectivity index (χ2v) is 10.8. The van der Waals surface area contributed by atoms with Gasteiger partial charge in [-0.15, -0.1) is 0 Å². The highest BCUT2D eigenvalue weighted by Crippen LogP contribution is 2.43. The van der Waals surface area contributed by atoms with E-state index in [1.54, 1.807) is 0 Å². The van der Waals surface area contributed by atoms with Crippen LogP contribution in [0.4, 0.5) is 0 Å². The summed E-state index contributed by atoms with van der Waals surface area (Å²) >= 11 is 12.4. The number of aliphatic imine (C=N–C) groups is 1. The Kier molecular flexibility index (Phi) is 6.88. The second-order valence-electron chi connectivity index (χ2n) is 9.93. The van der Waals surface area contributed by atoms with Gasteiger partial charge in [0, 0.05) is 22.7 Å². The summed E-state index contributed by atoms with van der Waals surface area (Å²) in [6, 6.07) is 23.2. The molecule has 0 saturated heterocycles. The highest BCUT2D eigenvalue weighted by Gasteiger charge is 2.37. The lowest BCUT2D eigenvalue weighted by molar-refractivity contribution is 0.364. The third-order valence-corrected chi connectivity index (χ3v) is 6.97. The van der Waals surface area contributed by atoms with Crippen LogP contribution in [0.3, 0.4) is 0 Å². The molecule has 0 aromatic heterocycles. The van der Waals surface area contributed by atoms with E-state index >= 15 is 0 Å². The summed E-state index contributed by atoms with van der Waals surface area (Å²) < 4.78 is 0. The maximum absolute atomic E-state index is 6.20. The standard InChI is InChI=1S/C29H32Cl2N2/c1-6-7-21-18-22(29(2,3)4)12-17-25(21)28-32-26(19-8-13-23(30)14-9-19)27(33(28)5)20-10-15-24(31)16-11-20/h8-18,26-27H,6-7H2,1-5H3. The van der Waals surface area contributed by atoms with Gasteiger partial charge < -0.3 is 4.90 Å². The van der Waals surface area contributed by atoms with Crippen molar-refractivity contribution < 1.29 is 0 Å². The zero-order chi connectivity index (χ0) is 23.8. The van der Waals surface area contributed by atoms with Crippen molar-refractivity contribution in [3.63, 3.8) is 0 Å². The largest absolute Gasteiger partial charge is 0.350 e. The minimum Gasteiger partial charge on any atom is -0.350 e. The van der Waals surface area contributed by atoms with E-state index in [1.165, 1.54) is 22.3 Å². The molecule has 1 heterocycles. The molecule has 0 amide bonds. The fraction of sp³-hybridized carbons (Fsp3) is 0.345. The molecule has 4 heteroatoms. The van der Waals surface area contributed by atoms with Crippen LogP contribution in [0.1, 0.15) is 74.0 Å². The molecule has 0 N–H and O–H groups in total. The molecule has 33 heavy (non-hydrogen) atoms. The van der Waals surface area contributed by atoms with Gasteiger partial charge in [0.05, 0.1) is 6.04 Å². The summed E-state index contributed by atoms with van der Waals surface area (Å²) in [7, 11) is 2.15. The van der Waals surface area contributed by atoms with E-state index in [9.17, 15) is 0 Å². The number of aryl methyl sites for hydroxylation is 1. The summed E-state index contributed by atoms with van der Waals surface area (Å²) in [6.07, 6.45) is 2.13. The minimum absolute atomic E-state index is 0.0276.